The van der Waals surface area contributed by atoms with E-state index in [4.69, 9.17) is 0 Å². The summed E-state index contributed by atoms with van der Waals surface area (Å²) in [5, 5.41) is 6.41. The summed E-state index contributed by atoms with van der Waals surface area (Å²) in [6, 6.07) is 0. The molecular weight excluding hydrogens is 321 g/mol. The second kappa shape index (κ2) is 11.5. The highest BCUT2D eigenvalue weighted by Gasteiger charge is 2.24. The zero-order valence-electron chi connectivity index (χ0n) is 14.0. The van der Waals surface area contributed by atoms with E-state index in [-0.39, 0.29) is 36.6 Å². The quantitative estimate of drug-likeness (QED) is 0.769. The third-order valence-corrected chi connectivity index (χ3v) is 4.73. The smallest absolute Gasteiger partial charge is 0.224 e. The number of carbonyl (C=O) groups is 1. The number of carbonyl (C=O) groups excluding carboxylic acids is 1. The van der Waals surface area contributed by atoms with E-state index >= 15 is 0 Å². The fourth-order valence-electron chi connectivity index (χ4n) is 3.12. The van der Waals surface area contributed by atoms with Gasteiger partial charge in [-0.25, -0.2) is 0 Å². The van der Waals surface area contributed by atoms with Gasteiger partial charge in [-0.3, -0.25) is 4.79 Å². The number of nitrogens with zero attached hydrogens (tertiary/aromatic N) is 1. The van der Waals surface area contributed by atoms with E-state index in [1.807, 2.05) is 0 Å². The number of hydrogen-bond donors (Lipinski definition) is 2. The van der Waals surface area contributed by atoms with Gasteiger partial charge in [-0.2, -0.15) is 0 Å². The summed E-state index contributed by atoms with van der Waals surface area (Å²) in [6.45, 7) is 11.0. The molecule has 1 atom stereocenters. The topological polar surface area (TPSA) is 44.4 Å². The van der Waals surface area contributed by atoms with Crippen molar-refractivity contribution in [2.45, 2.75) is 39.5 Å². The van der Waals surface area contributed by atoms with Gasteiger partial charge in [0, 0.05) is 13.1 Å². The zero-order chi connectivity index (χ0) is 14.4. The van der Waals surface area contributed by atoms with Crippen LogP contribution < -0.4 is 10.6 Å². The molecule has 22 heavy (non-hydrogen) atoms. The summed E-state index contributed by atoms with van der Waals surface area (Å²) < 4.78 is 0. The molecule has 0 spiro atoms. The summed E-state index contributed by atoms with van der Waals surface area (Å²) in [7, 11) is 0. The first-order chi connectivity index (χ1) is 9.65. The lowest BCUT2D eigenvalue weighted by atomic mass is 9.96. The van der Waals surface area contributed by atoms with Crippen LogP contribution in [0.2, 0.25) is 0 Å². The molecule has 2 rings (SSSR count). The minimum atomic E-state index is 0. The third-order valence-electron chi connectivity index (χ3n) is 4.73. The summed E-state index contributed by atoms with van der Waals surface area (Å²) in [6.07, 6.45) is 4.78. The number of rotatable bonds is 6. The lowest BCUT2D eigenvalue weighted by Gasteiger charge is -2.32. The Morgan fingerprint density at radius 2 is 1.91 bits per heavy atom. The highest BCUT2D eigenvalue weighted by molar-refractivity contribution is 5.85. The predicted molar refractivity (Wildman–Crippen MR) is 97.1 cm³/mol. The van der Waals surface area contributed by atoms with Crippen molar-refractivity contribution >= 4 is 30.7 Å². The molecule has 0 aliphatic carbocycles. The van der Waals surface area contributed by atoms with Crippen LogP contribution in [0.15, 0.2) is 0 Å². The zero-order valence-corrected chi connectivity index (χ0v) is 15.6. The summed E-state index contributed by atoms with van der Waals surface area (Å²) >= 11 is 0. The van der Waals surface area contributed by atoms with Gasteiger partial charge in [-0.15, -0.1) is 24.8 Å². The Morgan fingerprint density at radius 3 is 2.45 bits per heavy atom. The van der Waals surface area contributed by atoms with Crippen LogP contribution in [0, 0.1) is 17.8 Å². The molecule has 0 radical (unpaired) electrons. The van der Waals surface area contributed by atoms with Crippen molar-refractivity contribution < 1.29 is 4.79 Å². The van der Waals surface area contributed by atoms with Crippen LogP contribution in [0.4, 0.5) is 0 Å². The molecule has 0 aromatic carbocycles. The van der Waals surface area contributed by atoms with Crippen LogP contribution in [0.25, 0.3) is 0 Å². The van der Waals surface area contributed by atoms with Crippen molar-refractivity contribution in [3.05, 3.63) is 0 Å². The second-order valence-electron chi connectivity index (χ2n) is 6.90. The van der Waals surface area contributed by atoms with Crippen molar-refractivity contribution in [3.8, 4) is 0 Å². The molecule has 1 unspecified atom stereocenters. The molecule has 6 heteroatoms. The van der Waals surface area contributed by atoms with E-state index in [1.165, 1.54) is 38.9 Å². The van der Waals surface area contributed by atoms with Crippen LogP contribution in [0.1, 0.15) is 39.5 Å². The van der Waals surface area contributed by atoms with Crippen LogP contribution in [-0.4, -0.2) is 50.1 Å². The van der Waals surface area contributed by atoms with Crippen molar-refractivity contribution in [2.24, 2.45) is 17.8 Å². The molecule has 2 aliphatic rings. The van der Waals surface area contributed by atoms with Gasteiger partial charge in [0.25, 0.3) is 0 Å². The fourth-order valence-corrected chi connectivity index (χ4v) is 3.12. The van der Waals surface area contributed by atoms with Gasteiger partial charge < -0.3 is 15.5 Å². The summed E-state index contributed by atoms with van der Waals surface area (Å²) in [5.41, 5.74) is 0. The predicted octanol–water partition coefficient (Wildman–Crippen LogP) is 2.31. The van der Waals surface area contributed by atoms with Gasteiger partial charge in [0.15, 0.2) is 0 Å². The van der Waals surface area contributed by atoms with Gasteiger partial charge in [0.05, 0.1) is 5.92 Å². The molecule has 4 nitrogen and oxygen atoms in total. The van der Waals surface area contributed by atoms with Crippen molar-refractivity contribution in [1.29, 1.82) is 0 Å². The molecule has 0 saturated carbocycles. The lowest BCUT2D eigenvalue weighted by molar-refractivity contribution is -0.124. The van der Waals surface area contributed by atoms with Gasteiger partial charge in [-0.05, 0) is 63.7 Å². The molecule has 132 valence electrons. The largest absolute Gasteiger partial charge is 0.356 e. The van der Waals surface area contributed by atoms with E-state index in [0.29, 0.717) is 5.92 Å². The third kappa shape index (κ3) is 7.49. The molecule has 2 aliphatic heterocycles. The van der Waals surface area contributed by atoms with E-state index in [9.17, 15) is 4.79 Å². The number of hydrogen-bond acceptors (Lipinski definition) is 3. The number of likely N-dealkylation sites (tertiary alicyclic amines) is 1. The molecule has 2 N–H and O–H groups in total. The number of halogens is 2. The van der Waals surface area contributed by atoms with E-state index < -0.39 is 0 Å². The van der Waals surface area contributed by atoms with Gasteiger partial charge in [0.2, 0.25) is 5.91 Å². The Kier molecular flexibility index (Phi) is 11.5. The maximum absolute atomic E-state index is 12.0. The summed E-state index contributed by atoms with van der Waals surface area (Å²) in [5.74, 6) is 1.95. The van der Waals surface area contributed by atoms with Gasteiger partial charge in [-0.1, -0.05) is 13.8 Å². The molecule has 1 amide bonds. The molecule has 0 aromatic heterocycles. The van der Waals surface area contributed by atoms with Crippen molar-refractivity contribution in [3.63, 3.8) is 0 Å². The number of nitrogens with one attached hydrogen (secondary N) is 2. The van der Waals surface area contributed by atoms with E-state index in [0.717, 1.165) is 32.0 Å². The monoisotopic (exact) mass is 353 g/mol. The Balaban J connectivity index is 0.00000220. The average molecular weight is 354 g/mol. The minimum absolute atomic E-state index is 0. The van der Waals surface area contributed by atoms with Gasteiger partial charge >= 0.3 is 0 Å². The molecule has 2 saturated heterocycles. The second-order valence-corrected chi connectivity index (χ2v) is 6.90. The highest BCUT2D eigenvalue weighted by atomic mass is 35.5. The molecule has 0 aromatic rings. The molecule has 2 fully saturated rings. The SMILES string of the molecule is CC(C)CCN1CCC(CNC(=O)C2CCNC2)CC1.Cl.Cl. The Morgan fingerprint density at radius 1 is 1.23 bits per heavy atom. The first-order valence-electron chi connectivity index (χ1n) is 8.36. The van der Waals surface area contributed by atoms with Crippen LogP contribution in [0.5, 0.6) is 0 Å². The number of piperidine rings is 1. The summed E-state index contributed by atoms with van der Waals surface area (Å²) in [4.78, 5) is 14.6. The van der Waals surface area contributed by atoms with E-state index in [2.05, 4.69) is 29.4 Å². The fraction of sp³-hybridized carbons (Fsp3) is 0.938. The maximum Gasteiger partial charge on any atom is 0.224 e. The van der Waals surface area contributed by atoms with Crippen LogP contribution in [-0.2, 0) is 4.79 Å². The minimum Gasteiger partial charge on any atom is -0.356 e. The molecular formula is C16H33Cl2N3O. The number of amides is 1. The van der Waals surface area contributed by atoms with Crippen LogP contribution in [0.3, 0.4) is 0 Å². The normalized spacial score (nSPS) is 23.0. The Labute approximate surface area is 148 Å². The molecule has 2 heterocycles. The Hall–Kier alpha value is -0.0300. The van der Waals surface area contributed by atoms with Gasteiger partial charge in [0.1, 0.15) is 0 Å². The molecule has 0 bridgehead atoms. The van der Waals surface area contributed by atoms with E-state index in [1.54, 1.807) is 0 Å². The van der Waals surface area contributed by atoms with Crippen molar-refractivity contribution in [2.75, 3.05) is 39.3 Å². The lowest BCUT2D eigenvalue weighted by Crippen LogP contribution is -2.40. The highest BCUT2D eigenvalue weighted by Crippen LogP contribution is 2.18. The first-order valence-corrected chi connectivity index (χ1v) is 8.36. The standard InChI is InChI=1S/C16H31N3O.2ClH/c1-13(2)4-8-19-9-5-14(6-10-19)11-18-16(20)15-3-7-17-12-15;;/h13-15,17H,3-12H2,1-2H3,(H,18,20);2*1H. The van der Waals surface area contributed by atoms with Crippen LogP contribution >= 0.6 is 24.8 Å². The first kappa shape index (κ1) is 22.0. The maximum atomic E-state index is 12.0. The average Bonchev–Trinajstić information content (AvgIpc) is 2.98. The van der Waals surface area contributed by atoms with Crippen molar-refractivity contribution in [1.82, 2.24) is 15.5 Å². The Bertz CT molecular complexity index is 302.